The molecule has 4 rings (SSSR count). The third kappa shape index (κ3) is 6.71. The molecule has 3 aromatic rings. The van der Waals surface area contributed by atoms with Gasteiger partial charge in [0.15, 0.2) is 0 Å². The molecule has 172 valence electrons. The van der Waals surface area contributed by atoms with E-state index in [-0.39, 0.29) is 11.8 Å². The average Bonchev–Trinajstić information content (AvgIpc) is 3.50. The van der Waals surface area contributed by atoms with Crippen LogP contribution < -0.4 is 10.6 Å². The van der Waals surface area contributed by atoms with Crippen LogP contribution in [0.15, 0.2) is 54.6 Å². The summed E-state index contributed by atoms with van der Waals surface area (Å²) in [7, 11) is 0. The van der Waals surface area contributed by atoms with Crippen molar-refractivity contribution in [2.24, 2.45) is 5.92 Å². The van der Waals surface area contributed by atoms with Crippen molar-refractivity contribution in [1.29, 1.82) is 0 Å². The molecule has 7 heteroatoms. The topological polar surface area (TPSA) is 84.0 Å². The van der Waals surface area contributed by atoms with Crippen LogP contribution in [-0.2, 0) is 16.0 Å². The van der Waals surface area contributed by atoms with Crippen molar-refractivity contribution in [3.8, 4) is 10.6 Å². The maximum absolute atomic E-state index is 13.1. The zero-order valence-electron chi connectivity index (χ0n) is 18.9. The summed E-state index contributed by atoms with van der Waals surface area (Å²) in [4.78, 5) is 25.8. The SMILES string of the molecule is Cc1cccc(-c2nnc(NC(=O)C(Cc3ccccc3)NC(=O)CCC3CCCC3)s2)c1. The predicted molar refractivity (Wildman–Crippen MR) is 132 cm³/mol. The van der Waals surface area contributed by atoms with Crippen molar-refractivity contribution < 1.29 is 9.59 Å². The third-order valence-electron chi connectivity index (χ3n) is 6.11. The molecule has 1 saturated carbocycles. The Labute approximate surface area is 198 Å². The lowest BCUT2D eigenvalue weighted by atomic mass is 10.0. The first kappa shape index (κ1) is 23.1. The monoisotopic (exact) mass is 462 g/mol. The lowest BCUT2D eigenvalue weighted by Gasteiger charge is -2.18. The van der Waals surface area contributed by atoms with Gasteiger partial charge in [-0.15, -0.1) is 10.2 Å². The Bertz CT molecular complexity index is 1080. The number of rotatable bonds is 9. The molecule has 1 heterocycles. The Morgan fingerprint density at radius 1 is 1.06 bits per heavy atom. The van der Waals surface area contributed by atoms with Gasteiger partial charge in [-0.1, -0.05) is 91.1 Å². The summed E-state index contributed by atoms with van der Waals surface area (Å²) in [5, 5.41) is 15.4. The lowest BCUT2D eigenvalue weighted by molar-refractivity contribution is -0.126. The van der Waals surface area contributed by atoms with Crippen LogP contribution in [0.2, 0.25) is 0 Å². The van der Waals surface area contributed by atoms with Gasteiger partial charge in [-0.25, -0.2) is 0 Å². The van der Waals surface area contributed by atoms with Gasteiger partial charge in [0.25, 0.3) is 0 Å². The van der Waals surface area contributed by atoms with Crippen molar-refractivity contribution in [3.05, 3.63) is 65.7 Å². The highest BCUT2D eigenvalue weighted by molar-refractivity contribution is 7.18. The third-order valence-corrected chi connectivity index (χ3v) is 7.00. The van der Waals surface area contributed by atoms with Crippen LogP contribution in [0.4, 0.5) is 5.13 Å². The fourth-order valence-corrected chi connectivity index (χ4v) is 5.06. The molecule has 1 atom stereocenters. The van der Waals surface area contributed by atoms with Crippen molar-refractivity contribution in [2.45, 2.75) is 57.9 Å². The number of benzene rings is 2. The number of nitrogens with zero attached hydrogens (tertiary/aromatic N) is 2. The van der Waals surface area contributed by atoms with Crippen LogP contribution in [0, 0.1) is 12.8 Å². The number of hydrogen-bond donors (Lipinski definition) is 2. The second-order valence-electron chi connectivity index (χ2n) is 8.77. The van der Waals surface area contributed by atoms with Crippen LogP contribution in [-0.4, -0.2) is 28.1 Å². The first-order chi connectivity index (χ1) is 16.1. The van der Waals surface area contributed by atoms with E-state index in [2.05, 4.69) is 20.8 Å². The molecule has 2 amide bonds. The molecule has 6 nitrogen and oxygen atoms in total. The molecule has 0 radical (unpaired) electrons. The van der Waals surface area contributed by atoms with E-state index in [1.807, 2.05) is 61.5 Å². The summed E-state index contributed by atoms with van der Waals surface area (Å²) in [6, 6.07) is 17.1. The first-order valence-electron chi connectivity index (χ1n) is 11.6. The molecular formula is C26H30N4O2S. The Hall–Kier alpha value is -3.06. The van der Waals surface area contributed by atoms with Gasteiger partial charge in [0.05, 0.1) is 0 Å². The summed E-state index contributed by atoms with van der Waals surface area (Å²) in [6.45, 7) is 2.02. The lowest BCUT2D eigenvalue weighted by Crippen LogP contribution is -2.45. The van der Waals surface area contributed by atoms with Crippen LogP contribution in [0.1, 0.15) is 49.7 Å². The summed E-state index contributed by atoms with van der Waals surface area (Å²) >= 11 is 1.33. The smallest absolute Gasteiger partial charge is 0.249 e. The quantitative estimate of drug-likeness (QED) is 0.461. The molecule has 2 aromatic carbocycles. The van der Waals surface area contributed by atoms with Gasteiger partial charge in [0, 0.05) is 18.4 Å². The van der Waals surface area contributed by atoms with Crippen molar-refractivity contribution >= 4 is 28.3 Å². The molecule has 1 aromatic heterocycles. The molecule has 1 fully saturated rings. The number of aromatic nitrogens is 2. The van der Waals surface area contributed by atoms with E-state index >= 15 is 0 Å². The minimum Gasteiger partial charge on any atom is -0.344 e. The zero-order chi connectivity index (χ0) is 23.0. The largest absolute Gasteiger partial charge is 0.344 e. The van der Waals surface area contributed by atoms with Gasteiger partial charge in [-0.3, -0.25) is 14.9 Å². The van der Waals surface area contributed by atoms with Gasteiger partial charge in [0.2, 0.25) is 16.9 Å². The fourth-order valence-electron chi connectivity index (χ4n) is 4.32. The van der Waals surface area contributed by atoms with Crippen molar-refractivity contribution in [1.82, 2.24) is 15.5 Å². The molecule has 33 heavy (non-hydrogen) atoms. The second-order valence-corrected chi connectivity index (χ2v) is 9.75. The maximum Gasteiger partial charge on any atom is 0.249 e. The minimum absolute atomic E-state index is 0.0734. The van der Waals surface area contributed by atoms with Crippen molar-refractivity contribution in [2.75, 3.05) is 5.32 Å². The minimum atomic E-state index is -0.671. The van der Waals surface area contributed by atoms with Crippen LogP contribution in [0.5, 0.6) is 0 Å². The molecule has 0 bridgehead atoms. The van der Waals surface area contributed by atoms with Gasteiger partial charge < -0.3 is 5.32 Å². The van der Waals surface area contributed by atoms with E-state index < -0.39 is 6.04 Å². The number of carbonyl (C=O) groups is 2. The van der Waals surface area contributed by atoms with E-state index in [1.54, 1.807) is 0 Å². The van der Waals surface area contributed by atoms with Crippen LogP contribution >= 0.6 is 11.3 Å². The van der Waals surface area contributed by atoms with E-state index in [4.69, 9.17) is 0 Å². The van der Waals surface area contributed by atoms with Crippen LogP contribution in [0.25, 0.3) is 10.6 Å². The molecule has 1 aliphatic rings. The highest BCUT2D eigenvalue weighted by Gasteiger charge is 2.24. The normalized spacial score (nSPS) is 14.7. The maximum atomic E-state index is 13.1. The highest BCUT2D eigenvalue weighted by atomic mass is 32.1. The Morgan fingerprint density at radius 3 is 2.61 bits per heavy atom. The average molecular weight is 463 g/mol. The van der Waals surface area contributed by atoms with Crippen LogP contribution in [0.3, 0.4) is 0 Å². The highest BCUT2D eigenvalue weighted by Crippen LogP contribution is 2.29. The first-order valence-corrected chi connectivity index (χ1v) is 12.4. The Kier molecular flexibility index (Phi) is 7.83. The molecule has 2 N–H and O–H groups in total. The predicted octanol–water partition coefficient (Wildman–Crippen LogP) is 5.15. The molecule has 0 spiro atoms. The second kappa shape index (κ2) is 11.2. The Morgan fingerprint density at radius 2 is 1.85 bits per heavy atom. The summed E-state index contributed by atoms with van der Waals surface area (Å²) in [6.07, 6.45) is 6.71. The molecule has 0 aliphatic heterocycles. The molecule has 1 aliphatic carbocycles. The number of carbonyl (C=O) groups excluding carboxylic acids is 2. The summed E-state index contributed by atoms with van der Waals surface area (Å²) in [5.74, 6) is 0.286. The van der Waals surface area contributed by atoms with Gasteiger partial charge in [-0.05, 0) is 30.9 Å². The molecule has 1 unspecified atom stereocenters. The summed E-state index contributed by atoms with van der Waals surface area (Å²) in [5.41, 5.74) is 3.09. The van der Waals surface area contributed by atoms with Gasteiger partial charge in [-0.2, -0.15) is 0 Å². The standard InChI is InChI=1S/C26H30N4O2S/c1-18-8-7-13-21(16-18)25-29-30-26(33-25)28-24(32)22(17-20-11-3-2-4-12-20)27-23(31)15-14-19-9-5-6-10-19/h2-4,7-8,11-13,16,19,22H,5-6,9-10,14-15,17H2,1H3,(H,27,31)(H,28,30,32). The van der Waals surface area contributed by atoms with Gasteiger partial charge in [0.1, 0.15) is 11.0 Å². The van der Waals surface area contributed by atoms with E-state index in [0.717, 1.165) is 28.1 Å². The van der Waals surface area contributed by atoms with E-state index in [0.29, 0.717) is 23.9 Å². The number of aryl methyl sites for hydroxylation is 1. The zero-order valence-corrected chi connectivity index (χ0v) is 19.7. The molecule has 0 saturated heterocycles. The molecular weight excluding hydrogens is 432 g/mol. The van der Waals surface area contributed by atoms with Gasteiger partial charge >= 0.3 is 0 Å². The number of anilines is 1. The van der Waals surface area contributed by atoms with E-state index in [9.17, 15) is 9.59 Å². The Balaban J connectivity index is 1.41. The number of nitrogens with one attached hydrogen (secondary N) is 2. The number of amides is 2. The van der Waals surface area contributed by atoms with E-state index in [1.165, 1.54) is 37.0 Å². The fraction of sp³-hybridized carbons (Fsp3) is 0.385. The van der Waals surface area contributed by atoms with Crippen molar-refractivity contribution in [3.63, 3.8) is 0 Å². The summed E-state index contributed by atoms with van der Waals surface area (Å²) < 4.78 is 0. The number of hydrogen-bond acceptors (Lipinski definition) is 5.